The number of halogens is 3. The normalized spacial score (nSPS) is 12.5. The fourth-order valence-corrected chi connectivity index (χ4v) is 5.03. The van der Waals surface area contributed by atoms with Crippen LogP contribution in [0.2, 0.25) is 0 Å². The van der Waals surface area contributed by atoms with Gasteiger partial charge in [0.15, 0.2) is 0 Å². The van der Waals surface area contributed by atoms with Crippen molar-refractivity contribution in [3.63, 3.8) is 0 Å². The molecule has 0 saturated carbocycles. The Labute approximate surface area is 261 Å². The molecule has 2 aromatic carbocycles. The quantitative estimate of drug-likeness (QED) is 0.251. The first-order chi connectivity index (χ1) is 21.8. The van der Waals surface area contributed by atoms with Crippen molar-refractivity contribution in [2.75, 3.05) is 14.1 Å². The fraction of sp³-hybridized carbons (Fsp3) is 0.290. The van der Waals surface area contributed by atoms with Crippen LogP contribution in [-0.2, 0) is 19.8 Å². The highest BCUT2D eigenvalue weighted by Crippen LogP contribution is 2.32. The van der Waals surface area contributed by atoms with E-state index in [2.05, 4.69) is 20.6 Å². The number of benzene rings is 2. The van der Waals surface area contributed by atoms with Crippen LogP contribution in [0.4, 0.5) is 13.2 Å². The molecule has 0 bridgehead atoms. The predicted molar refractivity (Wildman–Crippen MR) is 160 cm³/mol. The number of hydrogen-bond acceptors (Lipinski definition) is 8. The molecule has 5 aromatic rings. The van der Waals surface area contributed by atoms with Crippen LogP contribution in [0.15, 0.2) is 70.0 Å². The van der Waals surface area contributed by atoms with Crippen molar-refractivity contribution in [1.82, 2.24) is 39.6 Å². The molecule has 0 spiro atoms. The van der Waals surface area contributed by atoms with Crippen molar-refractivity contribution in [2.24, 2.45) is 13.0 Å². The number of amides is 1. The summed E-state index contributed by atoms with van der Waals surface area (Å²) in [7, 11) is 5.14. The summed E-state index contributed by atoms with van der Waals surface area (Å²) in [5, 5.41) is 24.6. The lowest BCUT2D eigenvalue weighted by molar-refractivity contribution is -0.137. The van der Waals surface area contributed by atoms with Gasteiger partial charge < -0.3 is 14.6 Å². The Hall–Kier alpha value is -5.49. The first kappa shape index (κ1) is 31.9. The maximum Gasteiger partial charge on any atom is 0.416 e. The maximum atomic E-state index is 14.1. The third-order valence-corrected chi connectivity index (χ3v) is 7.19. The van der Waals surface area contributed by atoms with Crippen LogP contribution in [0.5, 0.6) is 0 Å². The van der Waals surface area contributed by atoms with Crippen LogP contribution >= 0.6 is 0 Å². The summed E-state index contributed by atoms with van der Waals surface area (Å²) in [6.45, 7) is 4.02. The fourth-order valence-electron chi connectivity index (χ4n) is 5.03. The van der Waals surface area contributed by atoms with Crippen molar-refractivity contribution in [1.29, 1.82) is 5.26 Å². The molecule has 3 aromatic heterocycles. The van der Waals surface area contributed by atoms with Gasteiger partial charge in [0, 0.05) is 7.05 Å². The molecule has 12 nitrogen and oxygen atoms in total. The lowest BCUT2D eigenvalue weighted by atomic mass is 10.0. The summed E-state index contributed by atoms with van der Waals surface area (Å²) in [6, 6.07) is 13.6. The number of nitriles is 1. The molecular formula is C31H30F3N9O3. The lowest BCUT2D eigenvalue weighted by Crippen LogP contribution is -2.35. The van der Waals surface area contributed by atoms with Gasteiger partial charge in [0.25, 0.3) is 11.5 Å². The molecular weight excluding hydrogens is 603 g/mol. The number of nitrogens with zero attached hydrogens (tertiary/aromatic N) is 8. The van der Waals surface area contributed by atoms with Gasteiger partial charge in [-0.05, 0) is 68.5 Å². The second-order valence-electron chi connectivity index (χ2n) is 11.2. The molecule has 0 saturated heterocycles. The summed E-state index contributed by atoms with van der Waals surface area (Å²) in [6.07, 6.45) is -3.20. The van der Waals surface area contributed by atoms with E-state index in [0.717, 1.165) is 16.8 Å². The van der Waals surface area contributed by atoms with Crippen molar-refractivity contribution in [2.45, 2.75) is 32.6 Å². The summed E-state index contributed by atoms with van der Waals surface area (Å²) in [5.74, 6) is -0.587. The average Bonchev–Trinajstić information content (AvgIpc) is 3.73. The van der Waals surface area contributed by atoms with Crippen molar-refractivity contribution < 1.29 is 22.4 Å². The van der Waals surface area contributed by atoms with E-state index >= 15 is 0 Å². The Bertz CT molecular complexity index is 1980. The Kier molecular flexibility index (Phi) is 8.66. The molecule has 238 valence electrons. The smallest absolute Gasteiger partial charge is 0.416 e. The van der Waals surface area contributed by atoms with Crippen LogP contribution in [0.1, 0.15) is 53.2 Å². The van der Waals surface area contributed by atoms with Crippen molar-refractivity contribution >= 4 is 5.91 Å². The van der Waals surface area contributed by atoms with Crippen LogP contribution in [-0.4, -0.2) is 54.2 Å². The Balaban J connectivity index is 1.68. The van der Waals surface area contributed by atoms with Crippen molar-refractivity contribution in [3.8, 4) is 28.8 Å². The van der Waals surface area contributed by atoms with Crippen LogP contribution < -0.4 is 10.9 Å². The van der Waals surface area contributed by atoms with E-state index < -0.39 is 29.2 Å². The van der Waals surface area contributed by atoms with E-state index in [1.165, 1.54) is 34.7 Å². The van der Waals surface area contributed by atoms with E-state index in [1.807, 2.05) is 38.9 Å². The number of carbonyl (C=O) groups excluding carboxylic acids is 1. The topological polar surface area (TPSA) is 140 Å². The maximum absolute atomic E-state index is 14.1. The molecule has 0 aliphatic heterocycles. The molecule has 1 amide bonds. The Morgan fingerprint density at radius 3 is 2.43 bits per heavy atom. The molecule has 0 radical (unpaired) electrons. The molecule has 0 aliphatic rings. The minimum Gasteiger partial charge on any atom is -0.422 e. The van der Waals surface area contributed by atoms with E-state index in [-0.39, 0.29) is 28.8 Å². The van der Waals surface area contributed by atoms with Gasteiger partial charge in [0.05, 0.1) is 47.0 Å². The summed E-state index contributed by atoms with van der Waals surface area (Å²) in [5.41, 5.74) is -0.942. The second-order valence-corrected chi connectivity index (χ2v) is 11.2. The molecule has 1 N–H and O–H groups in total. The van der Waals surface area contributed by atoms with Gasteiger partial charge in [-0.15, -0.1) is 10.2 Å². The van der Waals surface area contributed by atoms with Gasteiger partial charge in [-0.3, -0.25) is 14.3 Å². The highest BCUT2D eigenvalue weighted by molar-refractivity contribution is 6.00. The van der Waals surface area contributed by atoms with Gasteiger partial charge >= 0.3 is 6.18 Å². The van der Waals surface area contributed by atoms with Crippen LogP contribution in [0, 0.1) is 17.2 Å². The zero-order chi connectivity index (χ0) is 33.3. The first-order valence-corrected chi connectivity index (χ1v) is 14.1. The van der Waals surface area contributed by atoms with E-state index in [1.54, 1.807) is 30.3 Å². The molecule has 15 heteroatoms. The summed E-state index contributed by atoms with van der Waals surface area (Å²) >= 11 is 0. The molecule has 1 unspecified atom stereocenters. The van der Waals surface area contributed by atoms with E-state index in [0.29, 0.717) is 29.4 Å². The monoisotopic (exact) mass is 633 g/mol. The van der Waals surface area contributed by atoms with Gasteiger partial charge in [-0.1, -0.05) is 19.9 Å². The Morgan fingerprint density at radius 1 is 1.09 bits per heavy atom. The van der Waals surface area contributed by atoms with Crippen molar-refractivity contribution in [3.05, 3.63) is 99.6 Å². The predicted octanol–water partition coefficient (Wildman–Crippen LogP) is 4.49. The number of aromatic nitrogens is 6. The standard InChI is InChI=1S/C31H30F3N9O3/c1-18(2)26(29-39-38-24(46-29)17-40(3)4)37-28(44)25-27(23-13-14-36-42(23)21-11-9-19(16-35)10-12-21)41(5)43(30(25)45)22-8-6-7-20(15-22)31(32,33)34/h6-15,18,26H,17H2,1-5H3,(H,37,44). The number of carbonyl (C=O) groups is 1. The molecule has 3 heterocycles. The lowest BCUT2D eigenvalue weighted by Gasteiger charge is -2.19. The number of hydrogen-bond donors (Lipinski definition) is 1. The molecule has 5 rings (SSSR count). The SMILES string of the molecule is CC(C)C(NC(=O)c1c(-c2ccnn2-c2ccc(C#N)cc2)n(C)n(-c2cccc(C(F)(F)F)c2)c1=O)c1nnc(CN(C)C)o1. The zero-order valence-electron chi connectivity index (χ0n) is 25.6. The summed E-state index contributed by atoms with van der Waals surface area (Å²) < 4.78 is 50.6. The van der Waals surface area contributed by atoms with Gasteiger partial charge in [0.2, 0.25) is 11.8 Å². The van der Waals surface area contributed by atoms with Gasteiger partial charge in [0.1, 0.15) is 17.3 Å². The van der Waals surface area contributed by atoms with Crippen LogP contribution in [0.3, 0.4) is 0 Å². The number of rotatable bonds is 9. The van der Waals surface area contributed by atoms with E-state index in [9.17, 15) is 28.0 Å². The second kappa shape index (κ2) is 12.5. The number of nitrogens with one attached hydrogen (secondary N) is 1. The highest BCUT2D eigenvalue weighted by atomic mass is 19.4. The molecule has 1 atom stereocenters. The van der Waals surface area contributed by atoms with Gasteiger partial charge in [-0.2, -0.15) is 23.5 Å². The van der Waals surface area contributed by atoms with Crippen LogP contribution in [0.25, 0.3) is 22.8 Å². The largest absolute Gasteiger partial charge is 0.422 e. The van der Waals surface area contributed by atoms with Gasteiger partial charge in [-0.25, -0.2) is 9.36 Å². The number of alkyl halides is 3. The minimum absolute atomic E-state index is 0.0862. The highest BCUT2D eigenvalue weighted by Gasteiger charge is 2.34. The summed E-state index contributed by atoms with van der Waals surface area (Å²) in [4.78, 5) is 30.1. The molecule has 46 heavy (non-hydrogen) atoms. The molecule has 0 fully saturated rings. The molecule has 0 aliphatic carbocycles. The zero-order valence-corrected chi connectivity index (χ0v) is 25.6. The minimum atomic E-state index is -4.66. The third kappa shape index (κ3) is 6.20. The van der Waals surface area contributed by atoms with E-state index in [4.69, 9.17) is 4.42 Å². The Morgan fingerprint density at radius 2 is 1.80 bits per heavy atom. The third-order valence-electron chi connectivity index (χ3n) is 7.19. The average molecular weight is 634 g/mol. The first-order valence-electron chi connectivity index (χ1n) is 14.1.